The molecule has 1 saturated heterocycles. The van der Waals surface area contributed by atoms with E-state index >= 15 is 0 Å². The van der Waals surface area contributed by atoms with Crippen LogP contribution in [0.4, 0.5) is 5.82 Å². The lowest BCUT2D eigenvalue weighted by Crippen LogP contribution is -2.43. The van der Waals surface area contributed by atoms with Crippen LogP contribution in [-0.2, 0) is 13.1 Å². The van der Waals surface area contributed by atoms with E-state index in [1.54, 1.807) is 17.1 Å². The predicted octanol–water partition coefficient (Wildman–Crippen LogP) is 3.77. The van der Waals surface area contributed by atoms with Gasteiger partial charge in [0, 0.05) is 43.3 Å². The van der Waals surface area contributed by atoms with E-state index in [4.69, 9.17) is 10.7 Å². The second-order valence-corrected chi connectivity index (χ2v) is 9.31. The molecule has 176 valence electrons. The van der Waals surface area contributed by atoms with Crippen LogP contribution in [0.2, 0.25) is 0 Å². The number of fused-ring (bicyclic) bond motifs is 2. The topological polar surface area (TPSA) is 82.0 Å². The third-order valence-electron chi connectivity index (χ3n) is 6.90. The Morgan fingerprint density at radius 2 is 1.80 bits per heavy atom. The van der Waals surface area contributed by atoms with Crippen LogP contribution in [-0.4, -0.2) is 38.2 Å². The first kappa shape index (κ1) is 21.6. The van der Waals surface area contributed by atoms with E-state index in [1.807, 2.05) is 48.5 Å². The summed E-state index contributed by atoms with van der Waals surface area (Å²) in [5.41, 5.74) is 9.56. The van der Waals surface area contributed by atoms with Crippen molar-refractivity contribution in [1.82, 2.24) is 19.1 Å². The summed E-state index contributed by atoms with van der Waals surface area (Å²) in [5, 5.41) is 2.15. The fraction of sp³-hybridized carbons (Fsp3) is 0.250. The Labute approximate surface area is 203 Å². The Bertz CT molecular complexity index is 1550. The minimum absolute atomic E-state index is 0.0618. The number of hydrogen-bond donors (Lipinski definition) is 1. The molecular formula is C28H28N6O. The standard InChI is InChI=1S/C28H28N6O/c29-22-10-6-14-32(17-22)26-15-24-27(34(26)16-20-7-2-1-3-8-20)28(35)33(19-31-24)18-25-23-11-5-4-9-21(23)12-13-30-25/h1-5,7-9,11-13,15,19,22H,6,10,14,16-18,29H2. The van der Waals surface area contributed by atoms with Gasteiger partial charge in [-0.15, -0.1) is 0 Å². The van der Waals surface area contributed by atoms with Crippen LogP contribution in [0, 0.1) is 0 Å². The summed E-state index contributed by atoms with van der Waals surface area (Å²) in [7, 11) is 0. The lowest BCUT2D eigenvalue weighted by molar-refractivity contribution is 0.499. The second kappa shape index (κ2) is 9.00. The Hall–Kier alpha value is -3.97. The summed E-state index contributed by atoms with van der Waals surface area (Å²) in [6.45, 7) is 2.66. The molecule has 0 radical (unpaired) electrons. The van der Waals surface area contributed by atoms with Crippen molar-refractivity contribution in [3.8, 4) is 0 Å². The molecule has 1 unspecified atom stereocenters. The summed E-state index contributed by atoms with van der Waals surface area (Å²) in [6.07, 6.45) is 5.51. The van der Waals surface area contributed by atoms with Gasteiger partial charge in [0.05, 0.1) is 24.1 Å². The van der Waals surface area contributed by atoms with Crippen LogP contribution >= 0.6 is 0 Å². The highest BCUT2D eigenvalue weighted by atomic mass is 16.1. The zero-order valence-corrected chi connectivity index (χ0v) is 19.5. The molecule has 1 aliphatic heterocycles. The zero-order valence-electron chi connectivity index (χ0n) is 19.5. The van der Waals surface area contributed by atoms with E-state index in [0.29, 0.717) is 24.1 Å². The van der Waals surface area contributed by atoms with Crippen LogP contribution in [0.15, 0.2) is 84.0 Å². The van der Waals surface area contributed by atoms with E-state index in [0.717, 1.165) is 53.8 Å². The van der Waals surface area contributed by atoms with Crippen LogP contribution in [0.25, 0.3) is 21.8 Å². The lowest BCUT2D eigenvalue weighted by atomic mass is 10.1. The average Bonchev–Trinajstić information content (AvgIpc) is 3.25. The van der Waals surface area contributed by atoms with Gasteiger partial charge in [0.15, 0.2) is 0 Å². The minimum atomic E-state index is -0.0618. The molecule has 35 heavy (non-hydrogen) atoms. The van der Waals surface area contributed by atoms with Crippen molar-refractivity contribution in [1.29, 1.82) is 0 Å². The fourth-order valence-corrected chi connectivity index (χ4v) is 5.15. The van der Waals surface area contributed by atoms with Crippen LogP contribution in [0.1, 0.15) is 24.1 Å². The lowest BCUT2D eigenvalue weighted by Gasteiger charge is -2.33. The van der Waals surface area contributed by atoms with E-state index in [2.05, 4.69) is 32.7 Å². The van der Waals surface area contributed by atoms with Gasteiger partial charge in [0.2, 0.25) is 0 Å². The van der Waals surface area contributed by atoms with Gasteiger partial charge in [-0.05, 0) is 29.9 Å². The maximum atomic E-state index is 13.9. The maximum absolute atomic E-state index is 13.9. The van der Waals surface area contributed by atoms with Gasteiger partial charge in [-0.1, -0.05) is 54.6 Å². The monoisotopic (exact) mass is 464 g/mol. The van der Waals surface area contributed by atoms with Gasteiger partial charge in [-0.3, -0.25) is 14.3 Å². The van der Waals surface area contributed by atoms with Gasteiger partial charge >= 0.3 is 0 Å². The van der Waals surface area contributed by atoms with Gasteiger partial charge in [0.25, 0.3) is 5.56 Å². The molecule has 0 aliphatic carbocycles. The summed E-state index contributed by atoms with van der Waals surface area (Å²) in [6, 6.07) is 22.5. The van der Waals surface area contributed by atoms with Gasteiger partial charge in [-0.25, -0.2) is 4.98 Å². The van der Waals surface area contributed by atoms with Crippen molar-refractivity contribution >= 4 is 27.6 Å². The molecule has 0 saturated carbocycles. The summed E-state index contributed by atoms with van der Waals surface area (Å²) < 4.78 is 3.79. The van der Waals surface area contributed by atoms with Crippen molar-refractivity contribution in [3.63, 3.8) is 0 Å². The molecule has 1 atom stereocenters. The highest BCUT2D eigenvalue weighted by molar-refractivity contribution is 5.84. The number of hydrogen-bond acceptors (Lipinski definition) is 5. The van der Waals surface area contributed by atoms with Crippen LogP contribution in [0.5, 0.6) is 0 Å². The molecule has 2 aromatic carbocycles. The number of piperidine rings is 1. The van der Waals surface area contributed by atoms with Crippen molar-refractivity contribution in [2.45, 2.75) is 32.0 Å². The highest BCUT2D eigenvalue weighted by Gasteiger charge is 2.23. The molecule has 7 nitrogen and oxygen atoms in total. The van der Waals surface area contributed by atoms with Crippen molar-refractivity contribution in [3.05, 3.63) is 101 Å². The number of nitrogens with two attached hydrogens (primary N) is 1. The molecule has 0 amide bonds. The molecule has 7 heteroatoms. The molecule has 4 heterocycles. The van der Waals surface area contributed by atoms with Crippen LogP contribution in [0.3, 0.4) is 0 Å². The number of nitrogens with zero attached hydrogens (tertiary/aromatic N) is 5. The normalized spacial score (nSPS) is 16.3. The Balaban J connectivity index is 1.48. The van der Waals surface area contributed by atoms with Crippen molar-refractivity contribution in [2.24, 2.45) is 5.73 Å². The van der Waals surface area contributed by atoms with Gasteiger partial charge in [0.1, 0.15) is 11.3 Å². The smallest absolute Gasteiger partial charge is 0.278 e. The van der Waals surface area contributed by atoms with Gasteiger partial charge < -0.3 is 15.2 Å². The predicted molar refractivity (Wildman–Crippen MR) is 140 cm³/mol. The van der Waals surface area contributed by atoms with E-state index in [9.17, 15) is 4.79 Å². The Morgan fingerprint density at radius 1 is 0.971 bits per heavy atom. The number of rotatable bonds is 5. The molecule has 2 N–H and O–H groups in total. The van der Waals surface area contributed by atoms with E-state index in [-0.39, 0.29) is 11.6 Å². The largest absolute Gasteiger partial charge is 0.356 e. The highest BCUT2D eigenvalue weighted by Crippen LogP contribution is 2.27. The third kappa shape index (κ3) is 4.08. The van der Waals surface area contributed by atoms with E-state index < -0.39 is 0 Å². The molecule has 6 rings (SSSR count). The third-order valence-corrected chi connectivity index (χ3v) is 6.90. The molecule has 0 bridgehead atoms. The average molecular weight is 465 g/mol. The zero-order chi connectivity index (χ0) is 23.8. The van der Waals surface area contributed by atoms with Crippen LogP contribution < -0.4 is 16.2 Å². The summed E-state index contributed by atoms with van der Waals surface area (Å²) in [5.74, 6) is 1.00. The number of anilines is 1. The second-order valence-electron chi connectivity index (χ2n) is 9.31. The first-order valence-corrected chi connectivity index (χ1v) is 12.1. The summed E-state index contributed by atoms with van der Waals surface area (Å²) in [4.78, 5) is 25.5. The summed E-state index contributed by atoms with van der Waals surface area (Å²) >= 11 is 0. The van der Waals surface area contributed by atoms with Gasteiger partial charge in [-0.2, -0.15) is 0 Å². The first-order valence-electron chi connectivity index (χ1n) is 12.1. The maximum Gasteiger partial charge on any atom is 0.278 e. The van der Waals surface area contributed by atoms with Crippen molar-refractivity contribution < 1.29 is 0 Å². The minimum Gasteiger partial charge on any atom is -0.356 e. The molecular weight excluding hydrogens is 436 g/mol. The SMILES string of the molecule is NC1CCCN(c2cc3ncn(Cc4nccc5ccccc45)c(=O)c3n2Cc2ccccc2)C1. The Kier molecular flexibility index (Phi) is 5.54. The molecule has 0 spiro atoms. The molecule has 1 fully saturated rings. The van der Waals surface area contributed by atoms with Crippen molar-refractivity contribution in [2.75, 3.05) is 18.0 Å². The quantitative estimate of drug-likeness (QED) is 0.428. The number of pyridine rings is 1. The number of benzene rings is 2. The molecule has 3 aromatic heterocycles. The number of aromatic nitrogens is 4. The van der Waals surface area contributed by atoms with E-state index in [1.165, 1.54) is 0 Å². The molecule has 1 aliphatic rings. The first-order chi connectivity index (χ1) is 17.2. The fourth-order valence-electron chi connectivity index (χ4n) is 5.15. The molecule has 5 aromatic rings. The Morgan fingerprint density at radius 3 is 2.66 bits per heavy atom.